The molecule has 0 saturated carbocycles. The van der Waals surface area contributed by atoms with Crippen LogP contribution >= 0.6 is 0 Å². The summed E-state index contributed by atoms with van der Waals surface area (Å²) in [6, 6.07) is 11.6. The minimum Gasteiger partial charge on any atom is -0.350 e. The summed E-state index contributed by atoms with van der Waals surface area (Å²) >= 11 is 0. The zero-order valence-corrected chi connectivity index (χ0v) is 15.5. The van der Waals surface area contributed by atoms with Crippen LogP contribution in [-0.4, -0.2) is 31.1 Å². The van der Waals surface area contributed by atoms with Crippen molar-refractivity contribution in [1.82, 2.24) is 9.62 Å². The molecule has 0 saturated heterocycles. The predicted molar refractivity (Wildman–Crippen MR) is 96.9 cm³/mol. The number of sulfonamides is 1. The lowest BCUT2D eigenvalue weighted by molar-refractivity contribution is -0.121. The molecule has 8 heteroatoms. The molecule has 1 heterocycles. The van der Waals surface area contributed by atoms with Crippen LogP contribution in [0.2, 0.25) is 0 Å². The largest absolute Gasteiger partial charge is 0.350 e. The van der Waals surface area contributed by atoms with E-state index in [2.05, 4.69) is 5.32 Å². The summed E-state index contributed by atoms with van der Waals surface area (Å²) in [7, 11) is -3.85. The average molecular weight is 390 g/mol. The van der Waals surface area contributed by atoms with Gasteiger partial charge in [-0.05, 0) is 43.2 Å². The van der Waals surface area contributed by atoms with Crippen molar-refractivity contribution in [1.29, 1.82) is 0 Å². The lowest BCUT2D eigenvalue weighted by Crippen LogP contribution is -2.32. The van der Waals surface area contributed by atoms with Crippen LogP contribution in [0.1, 0.15) is 41.7 Å². The van der Waals surface area contributed by atoms with Gasteiger partial charge in [-0.3, -0.25) is 9.59 Å². The lowest BCUT2D eigenvalue weighted by atomic mass is 10.1. The summed E-state index contributed by atoms with van der Waals surface area (Å²) in [6.07, 6.45) is 0.280. The molecule has 0 unspecified atom stereocenters. The number of carbonyl (C=O) groups is 2. The molecule has 2 aromatic rings. The normalized spacial score (nSPS) is 16.1. The van der Waals surface area contributed by atoms with Gasteiger partial charge in [0.15, 0.2) is 0 Å². The van der Waals surface area contributed by atoms with E-state index >= 15 is 0 Å². The standard InChI is InChI=1S/C19H19FN2O4S/c1-13(14-8-10-15(20)11-9-14)21-18(23)7-4-12-22-19(24)16-5-2-3-6-17(16)27(22,25)26/h2-3,5-6,8-11,13H,4,7,12H2,1H3,(H,21,23)/t13-/m1/s1. The zero-order chi connectivity index (χ0) is 19.6. The smallest absolute Gasteiger partial charge is 0.269 e. The third-order valence-corrected chi connectivity index (χ3v) is 6.27. The Morgan fingerprint density at radius 3 is 2.48 bits per heavy atom. The van der Waals surface area contributed by atoms with Crippen molar-refractivity contribution in [2.24, 2.45) is 0 Å². The van der Waals surface area contributed by atoms with Crippen LogP contribution in [0.5, 0.6) is 0 Å². The summed E-state index contributed by atoms with van der Waals surface area (Å²) in [5.74, 6) is -1.19. The van der Waals surface area contributed by atoms with Crippen LogP contribution in [0, 0.1) is 5.82 Å². The molecule has 6 nitrogen and oxygen atoms in total. The van der Waals surface area contributed by atoms with E-state index in [0.29, 0.717) is 0 Å². The molecular weight excluding hydrogens is 371 g/mol. The summed E-state index contributed by atoms with van der Waals surface area (Å²) in [4.78, 5) is 24.4. The van der Waals surface area contributed by atoms with E-state index in [1.807, 2.05) is 0 Å². The number of nitrogens with one attached hydrogen (secondary N) is 1. The van der Waals surface area contributed by atoms with Crippen LogP contribution in [-0.2, 0) is 14.8 Å². The number of hydrogen-bond donors (Lipinski definition) is 1. The van der Waals surface area contributed by atoms with E-state index in [-0.39, 0.29) is 47.6 Å². The molecule has 0 spiro atoms. The molecule has 2 amide bonds. The molecule has 0 aliphatic carbocycles. The summed E-state index contributed by atoms with van der Waals surface area (Å²) in [6.45, 7) is 1.71. The lowest BCUT2D eigenvalue weighted by Gasteiger charge is -2.16. The van der Waals surface area contributed by atoms with Gasteiger partial charge in [-0.2, -0.15) is 0 Å². The Hall–Kier alpha value is -2.74. The highest BCUT2D eigenvalue weighted by Crippen LogP contribution is 2.30. The molecule has 0 bridgehead atoms. The second-order valence-corrected chi connectivity index (χ2v) is 8.15. The number of hydrogen-bond acceptors (Lipinski definition) is 4. The molecule has 142 valence electrons. The number of halogens is 1. The molecule has 3 rings (SSSR count). The first-order valence-corrected chi connectivity index (χ1v) is 9.95. The number of fused-ring (bicyclic) bond motifs is 1. The molecule has 0 radical (unpaired) electrons. The van der Waals surface area contributed by atoms with Gasteiger partial charge in [0.2, 0.25) is 5.91 Å². The average Bonchev–Trinajstić information content (AvgIpc) is 2.83. The zero-order valence-electron chi connectivity index (χ0n) is 14.7. The van der Waals surface area contributed by atoms with Crippen LogP contribution in [0.15, 0.2) is 53.4 Å². The molecule has 1 aliphatic rings. The quantitative estimate of drug-likeness (QED) is 0.822. The number of carbonyl (C=O) groups excluding carboxylic acids is 2. The maximum Gasteiger partial charge on any atom is 0.269 e. The summed E-state index contributed by atoms with van der Waals surface area (Å²) < 4.78 is 38.6. The van der Waals surface area contributed by atoms with Crippen LogP contribution < -0.4 is 5.32 Å². The van der Waals surface area contributed by atoms with Crippen LogP contribution in [0.3, 0.4) is 0 Å². The van der Waals surface area contributed by atoms with Gasteiger partial charge in [-0.1, -0.05) is 24.3 Å². The van der Waals surface area contributed by atoms with Crippen molar-refractivity contribution < 1.29 is 22.4 Å². The van der Waals surface area contributed by atoms with Crippen LogP contribution in [0.25, 0.3) is 0 Å². The fourth-order valence-corrected chi connectivity index (χ4v) is 4.59. The van der Waals surface area contributed by atoms with Crippen LogP contribution in [0.4, 0.5) is 4.39 Å². The van der Waals surface area contributed by atoms with Crippen molar-refractivity contribution >= 4 is 21.8 Å². The fourth-order valence-electron chi connectivity index (χ4n) is 2.98. The summed E-state index contributed by atoms with van der Waals surface area (Å²) in [5.41, 5.74) is 0.921. The number of rotatable bonds is 6. The topological polar surface area (TPSA) is 83.6 Å². The Morgan fingerprint density at radius 2 is 1.81 bits per heavy atom. The summed E-state index contributed by atoms with van der Waals surface area (Å²) in [5, 5.41) is 2.78. The van der Waals surface area contributed by atoms with Crippen molar-refractivity contribution in [3.05, 3.63) is 65.5 Å². The molecule has 0 aromatic heterocycles. The Bertz CT molecular complexity index is 973. The molecular formula is C19H19FN2O4S. The third-order valence-electron chi connectivity index (χ3n) is 4.42. The van der Waals surface area contributed by atoms with Gasteiger partial charge in [0.1, 0.15) is 10.7 Å². The van der Waals surface area contributed by atoms with E-state index in [1.165, 1.54) is 24.3 Å². The maximum absolute atomic E-state index is 13.0. The van der Waals surface area contributed by atoms with E-state index < -0.39 is 15.9 Å². The van der Waals surface area contributed by atoms with Gasteiger partial charge in [0.05, 0.1) is 11.6 Å². The fraction of sp³-hybridized carbons (Fsp3) is 0.263. The van der Waals surface area contributed by atoms with E-state index in [9.17, 15) is 22.4 Å². The Labute approximate surface area is 157 Å². The number of amides is 2. The second kappa shape index (κ2) is 7.48. The molecule has 1 N–H and O–H groups in total. The highest BCUT2D eigenvalue weighted by molar-refractivity contribution is 7.90. The highest BCUT2D eigenvalue weighted by Gasteiger charge is 2.40. The van der Waals surface area contributed by atoms with Gasteiger partial charge in [0.25, 0.3) is 15.9 Å². The predicted octanol–water partition coefficient (Wildman–Crippen LogP) is 2.63. The van der Waals surface area contributed by atoms with E-state index in [4.69, 9.17) is 0 Å². The Kier molecular flexibility index (Phi) is 5.27. The highest BCUT2D eigenvalue weighted by atomic mass is 32.2. The Morgan fingerprint density at radius 1 is 1.15 bits per heavy atom. The van der Waals surface area contributed by atoms with Gasteiger partial charge < -0.3 is 5.32 Å². The number of nitrogens with zero attached hydrogens (tertiary/aromatic N) is 1. The van der Waals surface area contributed by atoms with Gasteiger partial charge in [0, 0.05) is 13.0 Å². The van der Waals surface area contributed by atoms with E-state index in [0.717, 1.165) is 9.87 Å². The second-order valence-electron chi connectivity index (χ2n) is 6.32. The first kappa shape index (κ1) is 19.0. The van der Waals surface area contributed by atoms with Gasteiger partial charge in [-0.25, -0.2) is 17.1 Å². The third kappa shape index (κ3) is 3.85. The minimum atomic E-state index is -3.85. The van der Waals surface area contributed by atoms with Crippen molar-refractivity contribution in [3.63, 3.8) is 0 Å². The van der Waals surface area contributed by atoms with Gasteiger partial charge >= 0.3 is 0 Å². The minimum absolute atomic E-state index is 0.00406. The molecule has 1 atom stereocenters. The molecule has 1 aliphatic heterocycles. The van der Waals surface area contributed by atoms with Crippen molar-refractivity contribution in [2.45, 2.75) is 30.7 Å². The van der Waals surface area contributed by atoms with Gasteiger partial charge in [-0.15, -0.1) is 0 Å². The molecule has 2 aromatic carbocycles. The maximum atomic E-state index is 13.0. The van der Waals surface area contributed by atoms with E-state index in [1.54, 1.807) is 31.2 Å². The SMILES string of the molecule is C[C@@H](NC(=O)CCCN1C(=O)c2ccccc2S1(=O)=O)c1ccc(F)cc1. The molecule has 0 fully saturated rings. The number of benzene rings is 2. The monoisotopic (exact) mass is 390 g/mol. The first-order valence-electron chi connectivity index (χ1n) is 8.51. The van der Waals surface area contributed by atoms with Crippen molar-refractivity contribution in [3.8, 4) is 0 Å². The molecule has 27 heavy (non-hydrogen) atoms. The first-order chi connectivity index (χ1) is 12.8. The Balaban J connectivity index is 1.55. The van der Waals surface area contributed by atoms with Crippen molar-refractivity contribution in [2.75, 3.05) is 6.54 Å².